The zero-order chi connectivity index (χ0) is 9.14. The fraction of sp³-hybridized carbons (Fsp3) is 0.750. The zero-order valence-electron chi connectivity index (χ0n) is 7.20. The average Bonchev–Trinajstić information content (AvgIpc) is 2.82. The van der Waals surface area contributed by atoms with Crippen molar-refractivity contribution in [3.63, 3.8) is 0 Å². The van der Waals surface area contributed by atoms with E-state index in [9.17, 15) is 9.59 Å². The first-order valence-corrected chi connectivity index (χ1v) is 3.83. The van der Waals surface area contributed by atoms with Gasteiger partial charge in [0.1, 0.15) is 0 Å². The Morgan fingerprint density at radius 2 is 2.00 bits per heavy atom. The van der Waals surface area contributed by atoms with Crippen molar-refractivity contribution in [2.75, 3.05) is 14.2 Å². The normalized spacial score (nSPS) is 26.2. The lowest BCUT2D eigenvalue weighted by atomic mass is 10.2. The van der Waals surface area contributed by atoms with Crippen LogP contribution in [0.25, 0.3) is 0 Å². The second-order valence-electron chi connectivity index (χ2n) is 2.91. The lowest BCUT2D eigenvalue weighted by Gasteiger charge is -1.97. The van der Waals surface area contributed by atoms with Gasteiger partial charge in [-0.2, -0.15) is 0 Å². The van der Waals surface area contributed by atoms with Gasteiger partial charge in [0, 0.05) is 6.42 Å². The number of carbonyl (C=O) groups excluding carboxylic acids is 2. The quantitative estimate of drug-likeness (QED) is 0.577. The molecule has 4 heteroatoms. The predicted molar refractivity (Wildman–Crippen MR) is 40.2 cm³/mol. The van der Waals surface area contributed by atoms with Gasteiger partial charge < -0.3 is 9.47 Å². The molecule has 1 aliphatic rings. The van der Waals surface area contributed by atoms with Gasteiger partial charge >= 0.3 is 11.9 Å². The minimum absolute atomic E-state index is 0.0749. The van der Waals surface area contributed by atoms with E-state index in [1.54, 1.807) is 0 Å². The van der Waals surface area contributed by atoms with E-state index >= 15 is 0 Å². The largest absolute Gasteiger partial charge is 0.469 e. The van der Waals surface area contributed by atoms with Crippen LogP contribution < -0.4 is 0 Å². The summed E-state index contributed by atoms with van der Waals surface area (Å²) in [6.07, 6.45) is 1.08. The maximum absolute atomic E-state index is 10.9. The number of esters is 2. The standard InChI is InChI=1S/C8H12O4/c1-11-7(9)4-5-3-6(5)8(10)12-2/h5-6H,3-4H2,1-2H3/t5-,6+/m0/s1. The molecule has 0 amide bonds. The summed E-state index contributed by atoms with van der Waals surface area (Å²) >= 11 is 0. The molecule has 1 saturated carbocycles. The molecule has 12 heavy (non-hydrogen) atoms. The summed E-state index contributed by atoms with van der Waals surface area (Å²) in [5.41, 5.74) is 0. The first kappa shape index (κ1) is 9.03. The van der Waals surface area contributed by atoms with Crippen LogP contribution in [0.1, 0.15) is 12.8 Å². The molecule has 1 aliphatic carbocycles. The Labute approximate surface area is 70.8 Å². The van der Waals surface area contributed by atoms with Gasteiger partial charge in [0.25, 0.3) is 0 Å². The van der Waals surface area contributed by atoms with Gasteiger partial charge in [-0.15, -0.1) is 0 Å². The van der Waals surface area contributed by atoms with Crippen LogP contribution in [0.3, 0.4) is 0 Å². The number of rotatable bonds is 3. The first-order valence-electron chi connectivity index (χ1n) is 3.83. The van der Waals surface area contributed by atoms with Gasteiger partial charge in [-0.3, -0.25) is 9.59 Å². The molecule has 0 bridgehead atoms. The van der Waals surface area contributed by atoms with Crippen molar-refractivity contribution in [1.29, 1.82) is 0 Å². The summed E-state index contributed by atoms with van der Waals surface area (Å²) in [7, 11) is 2.70. The second-order valence-corrected chi connectivity index (χ2v) is 2.91. The Morgan fingerprint density at radius 3 is 2.50 bits per heavy atom. The van der Waals surface area contributed by atoms with Gasteiger partial charge in [0.15, 0.2) is 0 Å². The minimum Gasteiger partial charge on any atom is -0.469 e. The maximum Gasteiger partial charge on any atom is 0.308 e. The van der Waals surface area contributed by atoms with Crippen molar-refractivity contribution < 1.29 is 19.1 Å². The maximum atomic E-state index is 10.9. The molecule has 68 valence electrons. The number of ether oxygens (including phenoxy) is 2. The van der Waals surface area contributed by atoms with Gasteiger partial charge in [0.05, 0.1) is 20.1 Å². The Kier molecular flexibility index (Phi) is 2.68. The summed E-state index contributed by atoms with van der Waals surface area (Å²) in [6, 6.07) is 0. The lowest BCUT2D eigenvalue weighted by Crippen LogP contribution is -2.07. The van der Waals surface area contributed by atoms with Crippen LogP contribution in [-0.4, -0.2) is 26.2 Å². The minimum atomic E-state index is -0.258. The molecule has 0 unspecified atom stereocenters. The summed E-state index contributed by atoms with van der Waals surface area (Å²) in [5.74, 6) is -0.408. The van der Waals surface area contributed by atoms with Crippen LogP contribution in [0.15, 0.2) is 0 Å². The highest BCUT2D eigenvalue weighted by Gasteiger charge is 2.45. The topological polar surface area (TPSA) is 52.6 Å². The van der Waals surface area contributed by atoms with E-state index in [0.29, 0.717) is 6.42 Å². The third kappa shape index (κ3) is 1.96. The van der Waals surface area contributed by atoms with E-state index in [2.05, 4.69) is 9.47 Å². The third-order valence-corrected chi connectivity index (χ3v) is 2.08. The number of hydrogen-bond donors (Lipinski definition) is 0. The van der Waals surface area contributed by atoms with E-state index < -0.39 is 0 Å². The van der Waals surface area contributed by atoms with E-state index in [-0.39, 0.29) is 23.8 Å². The summed E-state index contributed by atoms with van der Waals surface area (Å²) < 4.78 is 9.00. The van der Waals surface area contributed by atoms with E-state index in [0.717, 1.165) is 6.42 Å². The van der Waals surface area contributed by atoms with Gasteiger partial charge in [0.2, 0.25) is 0 Å². The van der Waals surface area contributed by atoms with Crippen molar-refractivity contribution in [3.8, 4) is 0 Å². The average molecular weight is 172 g/mol. The van der Waals surface area contributed by atoms with Crippen LogP contribution in [0.2, 0.25) is 0 Å². The Hall–Kier alpha value is -1.06. The monoisotopic (exact) mass is 172 g/mol. The molecule has 4 nitrogen and oxygen atoms in total. The Morgan fingerprint density at radius 1 is 1.33 bits per heavy atom. The van der Waals surface area contributed by atoms with E-state index in [1.807, 2.05) is 0 Å². The van der Waals surface area contributed by atoms with Gasteiger partial charge in [-0.25, -0.2) is 0 Å². The van der Waals surface area contributed by atoms with Crippen molar-refractivity contribution in [2.24, 2.45) is 11.8 Å². The number of methoxy groups -OCH3 is 2. The van der Waals surface area contributed by atoms with Crippen LogP contribution in [0.4, 0.5) is 0 Å². The molecule has 1 fully saturated rings. The van der Waals surface area contributed by atoms with Gasteiger partial charge in [-0.1, -0.05) is 0 Å². The highest BCUT2D eigenvalue weighted by atomic mass is 16.5. The second kappa shape index (κ2) is 3.56. The van der Waals surface area contributed by atoms with E-state index in [4.69, 9.17) is 0 Å². The molecule has 0 saturated heterocycles. The molecule has 0 heterocycles. The molecule has 0 aromatic rings. The fourth-order valence-electron chi connectivity index (χ4n) is 1.21. The molecule has 0 aliphatic heterocycles. The van der Waals surface area contributed by atoms with Crippen LogP contribution in [0.5, 0.6) is 0 Å². The predicted octanol–water partition coefficient (Wildman–Crippen LogP) is 0.359. The lowest BCUT2D eigenvalue weighted by molar-refractivity contribution is -0.143. The molecule has 0 N–H and O–H groups in total. The first-order chi connectivity index (χ1) is 5.69. The van der Waals surface area contributed by atoms with Crippen LogP contribution in [0, 0.1) is 11.8 Å². The summed E-state index contributed by atoms with van der Waals surface area (Å²) in [6.45, 7) is 0. The summed E-state index contributed by atoms with van der Waals surface area (Å²) in [4.78, 5) is 21.6. The highest BCUT2D eigenvalue weighted by molar-refractivity contribution is 5.78. The Bertz CT molecular complexity index is 199. The Balaban J connectivity index is 2.24. The smallest absolute Gasteiger partial charge is 0.308 e. The summed E-state index contributed by atoms with van der Waals surface area (Å²) in [5, 5.41) is 0. The molecular weight excluding hydrogens is 160 g/mol. The van der Waals surface area contributed by atoms with Crippen LogP contribution >= 0.6 is 0 Å². The highest BCUT2D eigenvalue weighted by Crippen LogP contribution is 2.42. The zero-order valence-corrected chi connectivity index (χ0v) is 7.20. The number of carbonyl (C=O) groups is 2. The molecule has 2 atom stereocenters. The van der Waals surface area contributed by atoms with Crippen molar-refractivity contribution >= 4 is 11.9 Å². The molecule has 0 radical (unpaired) electrons. The third-order valence-electron chi connectivity index (χ3n) is 2.08. The molecule has 1 rings (SSSR count). The molecular formula is C8H12O4. The van der Waals surface area contributed by atoms with Crippen molar-refractivity contribution in [1.82, 2.24) is 0 Å². The van der Waals surface area contributed by atoms with E-state index in [1.165, 1.54) is 14.2 Å². The van der Waals surface area contributed by atoms with Crippen LogP contribution in [-0.2, 0) is 19.1 Å². The van der Waals surface area contributed by atoms with Crippen molar-refractivity contribution in [3.05, 3.63) is 0 Å². The van der Waals surface area contributed by atoms with Crippen molar-refractivity contribution in [2.45, 2.75) is 12.8 Å². The van der Waals surface area contributed by atoms with Gasteiger partial charge in [-0.05, 0) is 12.3 Å². The fourth-order valence-corrected chi connectivity index (χ4v) is 1.21. The molecule has 0 aromatic carbocycles. The molecule has 0 aromatic heterocycles. The SMILES string of the molecule is COC(=O)C[C@@H]1C[C@H]1C(=O)OC. The number of hydrogen-bond acceptors (Lipinski definition) is 4. The molecule has 0 spiro atoms.